The zero-order valence-corrected chi connectivity index (χ0v) is 15.9. The molecule has 0 radical (unpaired) electrons. The van der Waals surface area contributed by atoms with E-state index in [-0.39, 0.29) is 5.97 Å². The summed E-state index contributed by atoms with van der Waals surface area (Å²) in [5.41, 5.74) is 2.53. The molecular formula is C23H26O4. The van der Waals surface area contributed by atoms with E-state index in [0.717, 1.165) is 12.0 Å². The van der Waals surface area contributed by atoms with Gasteiger partial charge in [0.1, 0.15) is 5.75 Å². The molecule has 0 amide bonds. The van der Waals surface area contributed by atoms with E-state index < -0.39 is 5.97 Å². The van der Waals surface area contributed by atoms with E-state index in [4.69, 9.17) is 9.47 Å². The number of hydrogen-bond acceptors (Lipinski definition) is 4. The van der Waals surface area contributed by atoms with Crippen LogP contribution in [0.15, 0.2) is 54.6 Å². The smallest absolute Gasteiger partial charge is 0.338 e. The minimum absolute atomic E-state index is 0.339. The zero-order chi connectivity index (χ0) is 19.5. The standard InChI is InChI=1S/C23H26O4/c1-3-5-6-7-18-10-15-21(16-11-18)27-22(24)17-12-19-8-13-20(14-9-19)23(25)26-4-2/h8-17H,3-7H2,1-2H3. The minimum atomic E-state index is -0.441. The Morgan fingerprint density at radius 2 is 1.63 bits per heavy atom. The Kier molecular flexibility index (Phi) is 8.30. The Bertz CT molecular complexity index is 758. The third-order valence-corrected chi connectivity index (χ3v) is 4.04. The molecule has 0 fully saturated rings. The van der Waals surface area contributed by atoms with Crippen LogP contribution in [0.5, 0.6) is 5.75 Å². The summed E-state index contributed by atoms with van der Waals surface area (Å²) in [5, 5.41) is 0. The van der Waals surface area contributed by atoms with E-state index in [1.807, 2.05) is 24.3 Å². The second-order valence-electron chi connectivity index (χ2n) is 6.20. The van der Waals surface area contributed by atoms with Gasteiger partial charge in [-0.2, -0.15) is 0 Å². The lowest BCUT2D eigenvalue weighted by Gasteiger charge is -2.04. The first-order valence-corrected chi connectivity index (χ1v) is 9.38. The Labute approximate surface area is 160 Å². The van der Waals surface area contributed by atoms with Crippen LogP contribution in [0.25, 0.3) is 6.08 Å². The maximum absolute atomic E-state index is 12.0. The Morgan fingerprint density at radius 1 is 0.926 bits per heavy atom. The molecule has 0 N–H and O–H groups in total. The molecular weight excluding hydrogens is 340 g/mol. The van der Waals surface area contributed by atoms with Crippen molar-refractivity contribution in [3.05, 3.63) is 71.3 Å². The molecule has 0 aliphatic carbocycles. The Hall–Kier alpha value is -2.88. The van der Waals surface area contributed by atoms with E-state index >= 15 is 0 Å². The molecule has 4 heteroatoms. The quantitative estimate of drug-likeness (QED) is 0.264. The van der Waals surface area contributed by atoms with Crippen LogP contribution < -0.4 is 4.74 Å². The molecule has 0 heterocycles. The molecule has 0 aliphatic rings. The van der Waals surface area contributed by atoms with Gasteiger partial charge < -0.3 is 9.47 Å². The highest BCUT2D eigenvalue weighted by Crippen LogP contribution is 2.15. The van der Waals surface area contributed by atoms with Gasteiger partial charge in [-0.05, 0) is 61.2 Å². The number of aryl methyl sites for hydroxylation is 1. The van der Waals surface area contributed by atoms with Crippen molar-refractivity contribution in [2.75, 3.05) is 6.61 Å². The summed E-state index contributed by atoms with van der Waals surface area (Å²) in [6.07, 6.45) is 7.66. The van der Waals surface area contributed by atoms with Crippen molar-refractivity contribution >= 4 is 18.0 Å². The molecule has 0 unspecified atom stereocenters. The molecule has 4 nitrogen and oxygen atoms in total. The first-order valence-electron chi connectivity index (χ1n) is 9.38. The second kappa shape index (κ2) is 11.0. The molecule has 0 bridgehead atoms. The summed E-state index contributed by atoms with van der Waals surface area (Å²) in [7, 11) is 0. The van der Waals surface area contributed by atoms with Crippen LogP contribution in [0.2, 0.25) is 0 Å². The molecule has 2 aromatic rings. The fourth-order valence-electron chi connectivity index (χ4n) is 2.56. The average Bonchev–Trinajstić information content (AvgIpc) is 2.68. The number of carbonyl (C=O) groups is 2. The third kappa shape index (κ3) is 7.10. The number of esters is 2. The van der Waals surface area contributed by atoms with Gasteiger partial charge in [-0.1, -0.05) is 44.0 Å². The fraction of sp³-hybridized carbons (Fsp3) is 0.304. The Morgan fingerprint density at radius 3 is 2.26 bits per heavy atom. The number of rotatable bonds is 9. The van der Waals surface area contributed by atoms with Gasteiger partial charge >= 0.3 is 11.9 Å². The highest BCUT2D eigenvalue weighted by atomic mass is 16.5. The lowest BCUT2D eigenvalue weighted by Crippen LogP contribution is -2.04. The highest BCUT2D eigenvalue weighted by Gasteiger charge is 2.05. The van der Waals surface area contributed by atoms with Gasteiger partial charge in [0.05, 0.1) is 12.2 Å². The summed E-state index contributed by atoms with van der Waals surface area (Å²) in [5.74, 6) is -0.268. The SMILES string of the molecule is CCCCCc1ccc(OC(=O)C=Cc2ccc(C(=O)OCC)cc2)cc1. The normalized spacial score (nSPS) is 10.7. The van der Waals surface area contributed by atoms with Gasteiger partial charge in [-0.25, -0.2) is 9.59 Å². The average molecular weight is 366 g/mol. The number of ether oxygens (including phenoxy) is 2. The van der Waals surface area contributed by atoms with Crippen LogP contribution in [0, 0.1) is 0 Å². The second-order valence-corrected chi connectivity index (χ2v) is 6.20. The van der Waals surface area contributed by atoms with Crippen LogP contribution in [-0.2, 0) is 16.0 Å². The van der Waals surface area contributed by atoms with Crippen molar-refractivity contribution in [3.8, 4) is 5.75 Å². The van der Waals surface area contributed by atoms with Crippen molar-refractivity contribution in [1.82, 2.24) is 0 Å². The van der Waals surface area contributed by atoms with Crippen molar-refractivity contribution in [3.63, 3.8) is 0 Å². The Balaban J connectivity index is 1.86. The number of unbranched alkanes of at least 4 members (excludes halogenated alkanes) is 2. The molecule has 0 aliphatic heterocycles. The topological polar surface area (TPSA) is 52.6 Å². The predicted molar refractivity (Wildman–Crippen MR) is 107 cm³/mol. The predicted octanol–water partition coefficient (Wildman–Crippen LogP) is 5.21. The van der Waals surface area contributed by atoms with Gasteiger partial charge in [-0.15, -0.1) is 0 Å². The van der Waals surface area contributed by atoms with E-state index in [0.29, 0.717) is 17.9 Å². The van der Waals surface area contributed by atoms with E-state index in [9.17, 15) is 9.59 Å². The summed E-state index contributed by atoms with van der Waals surface area (Å²) in [6, 6.07) is 14.5. The van der Waals surface area contributed by atoms with Crippen LogP contribution in [-0.4, -0.2) is 18.5 Å². The molecule has 0 atom stereocenters. The van der Waals surface area contributed by atoms with Crippen molar-refractivity contribution in [2.45, 2.75) is 39.5 Å². The van der Waals surface area contributed by atoms with Gasteiger partial charge in [0, 0.05) is 6.08 Å². The number of hydrogen-bond donors (Lipinski definition) is 0. The maximum Gasteiger partial charge on any atom is 0.338 e. The molecule has 0 saturated heterocycles. The van der Waals surface area contributed by atoms with Crippen molar-refractivity contribution in [1.29, 1.82) is 0 Å². The summed E-state index contributed by atoms with van der Waals surface area (Å²) in [4.78, 5) is 23.6. The summed E-state index contributed by atoms with van der Waals surface area (Å²) in [6.45, 7) is 4.29. The van der Waals surface area contributed by atoms with Crippen LogP contribution in [0.3, 0.4) is 0 Å². The van der Waals surface area contributed by atoms with Crippen LogP contribution >= 0.6 is 0 Å². The fourth-order valence-corrected chi connectivity index (χ4v) is 2.56. The molecule has 142 valence electrons. The van der Waals surface area contributed by atoms with Gasteiger partial charge in [0.15, 0.2) is 0 Å². The first kappa shape index (κ1) is 20.4. The van der Waals surface area contributed by atoms with E-state index in [2.05, 4.69) is 6.92 Å². The van der Waals surface area contributed by atoms with E-state index in [1.54, 1.807) is 37.3 Å². The van der Waals surface area contributed by atoms with Gasteiger partial charge in [-0.3, -0.25) is 0 Å². The largest absolute Gasteiger partial charge is 0.462 e. The third-order valence-electron chi connectivity index (χ3n) is 4.04. The minimum Gasteiger partial charge on any atom is -0.462 e. The molecule has 0 aromatic heterocycles. The lowest BCUT2D eigenvalue weighted by molar-refractivity contribution is -0.128. The monoisotopic (exact) mass is 366 g/mol. The van der Waals surface area contributed by atoms with Gasteiger partial charge in [0.25, 0.3) is 0 Å². The van der Waals surface area contributed by atoms with Crippen LogP contribution in [0.1, 0.15) is 54.6 Å². The highest BCUT2D eigenvalue weighted by molar-refractivity contribution is 5.91. The van der Waals surface area contributed by atoms with Gasteiger partial charge in [0.2, 0.25) is 0 Å². The summed E-state index contributed by atoms with van der Waals surface area (Å²) >= 11 is 0. The molecule has 27 heavy (non-hydrogen) atoms. The number of benzene rings is 2. The number of carbonyl (C=O) groups excluding carboxylic acids is 2. The molecule has 2 rings (SSSR count). The molecule has 2 aromatic carbocycles. The van der Waals surface area contributed by atoms with Crippen molar-refractivity contribution in [2.24, 2.45) is 0 Å². The zero-order valence-electron chi connectivity index (χ0n) is 15.9. The first-order chi connectivity index (χ1) is 13.1. The summed E-state index contributed by atoms with van der Waals surface area (Å²) < 4.78 is 10.2. The van der Waals surface area contributed by atoms with E-state index in [1.165, 1.54) is 30.9 Å². The molecule has 0 spiro atoms. The lowest BCUT2D eigenvalue weighted by atomic mass is 10.1. The maximum atomic E-state index is 12.0. The van der Waals surface area contributed by atoms with Crippen LogP contribution in [0.4, 0.5) is 0 Å². The van der Waals surface area contributed by atoms with Crippen molar-refractivity contribution < 1.29 is 19.1 Å². The molecule has 0 saturated carbocycles.